The Morgan fingerprint density at radius 2 is 1.73 bits per heavy atom. The minimum Gasteiger partial charge on any atom is -0.295 e. The molecule has 2 aromatic rings. The van der Waals surface area contributed by atoms with Crippen LogP contribution in [0.3, 0.4) is 0 Å². The Morgan fingerprint density at radius 3 is 2.42 bits per heavy atom. The number of rotatable bonds is 8. The number of hydrogen-bond donors (Lipinski definition) is 0. The van der Waals surface area contributed by atoms with Gasteiger partial charge in [-0.15, -0.1) is 0 Å². The lowest BCUT2D eigenvalue weighted by molar-refractivity contribution is -0.118. The van der Waals surface area contributed by atoms with E-state index in [1.807, 2.05) is 69.3 Å². The van der Waals surface area contributed by atoms with Crippen molar-refractivity contribution in [1.82, 2.24) is 4.98 Å². The van der Waals surface area contributed by atoms with Crippen LogP contribution in [-0.2, 0) is 16.0 Å². The zero-order chi connectivity index (χ0) is 18.9. The van der Waals surface area contributed by atoms with Gasteiger partial charge in [-0.1, -0.05) is 57.2 Å². The Morgan fingerprint density at radius 1 is 0.962 bits per heavy atom. The fraction of sp³-hybridized carbons (Fsp3) is 0.261. The lowest BCUT2D eigenvalue weighted by atomic mass is 9.95. The maximum Gasteiger partial charge on any atom is 0.158 e. The molecule has 1 unspecified atom stereocenters. The third-order valence-corrected chi connectivity index (χ3v) is 4.09. The monoisotopic (exact) mass is 347 g/mol. The van der Waals surface area contributed by atoms with Crippen molar-refractivity contribution in [2.45, 2.75) is 27.2 Å². The molecule has 3 nitrogen and oxygen atoms in total. The molecule has 1 atom stereocenters. The molecule has 0 amide bonds. The highest BCUT2D eigenvalue weighted by atomic mass is 16.1. The fourth-order valence-corrected chi connectivity index (χ4v) is 2.46. The number of aromatic nitrogens is 1. The van der Waals surface area contributed by atoms with Crippen LogP contribution < -0.4 is 0 Å². The van der Waals surface area contributed by atoms with E-state index in [1.165, 1.54) is 0 Å². The number of allylic oxidation sites excluding steroid dienone is 2. The molecule has 26 heavy (non-hydrogen) atoms. The lowest BCUT2D eigenvalue weighted by Gasteiger charge is -2.08. The summed E-state index contributed by atoms with van der Waals surface area (Å²) in [6, 6.07) is 13.5. The van der Waals surface area contributed by atoms with Crippen molar-refractivity contribution in [3.63, 3.8) is 0 Å². The van der Waals surface area contributed by atoms with Gasteiger partial charge in [0.15, 0.2) is 11.6 Å². The maximum absolute atomic E-state index is 12.3. The third-order valence-electron chi connectivity index (χ3n) is 4.09. The molecule has 0 aliphatic carbocycles. The summed E-state index contributed by atoms with van der Waals surface area (Å²) in [7, 11) is 0. The van der Waals surface area contributed by atoms with Gasteiger partial charge in [0.05, 0.1) is 5.69 Å². The minimum absolute atomic E-state index is 0.00188. The molecular formula is C23H25NO2. The van der Waals surface area contributed by atoms with Crippen molar-refractivity contribution in [3.05, 3.63) is 77.6 Å². The van der Waals surface area contributed by atoms with Crippen LogP contribution >= 0.6 is 0 Å². The van der Waals surface area contributed by atoms with E-state index in [0.29, 0.717) is 6.42 Å². The SMILES string of the molecule is CC(C)C(=O)/C=C/c1cccc(CC(C)C(=O)/C=C/c2ccccn2)c1. The number of carbonyl (C=O) groups is 2. The zero-order valence-corrected chi connectivity index (χ0v) is 15.6. The molecule has 0 radical (unpaired) electrons. The predicted molar refractivity (Wildman–Crippen MR) is 106 cm³/mol. The average Bonchev–Trinajstić information content (AvgIpc) is 2.65. The number of nitrogens with zero attached hydrogens (tertiary/aromatic N) is 1. The van der Waals surface area contributed by atoms with Crippen molar-refractivity contribution in [1.29, 1.82) is 0 Å². The Labute approximate surface area is 155 Å². The molecule has 0 bridgehead atoms. The summed E-state index contributed by atoms with van der Waals surface area (Å²) in [6.07, 6.45) is 9.16. The second-order valence-corrected chi connectivity index (χ2v) is 6.73. The number of carbonyl (C=O) groups excluding carboxylic acids is 2. The first-order chi connectivity index (χ1) is 12.5. The molecule has 2 rings (SSSR count). The first-order valence-electron chi connectivity index (χ1n) is 8.89. The largest absolute Gasteiger partial charge is 0.295 e. The van der Waals surface area contributed by atoms with Gasteiger partial charge in [-0.2, -0.15) is 0 Å². The molecule has 1 aromatic heterocycles. The van der Waals surface area contributed by atoms with E-state index in [2.05, 4.69) is 4.98 Å². The van der Waals surface area contributed by atoms with Crippen LogP contribution in [-0.4, -0.2) is 16.6 Å². The molecule has 1 heterocycles. The molecule has 0 spiro atoms. The minimum atomic E-state index is -0.119. The highest BCUT2D eigenvalue weighted by molar-refractivity contribution is 5.95. The normalized spacial score (nSPS) is 12.8. The summed E-state index contributed by atoms with van der Waals surface area (Å²) < 4.78 is 0. The van der Waals surface area contributed by atoms with Crippen LogP contribution in [0.25, 0.3) is 12.2 Å². The molecule has 0 aliphatic rings. The summed E-state index contributed by atoms with van der Waals surface area (Å²) in [5.41, 5.74) is 2.83. The van der Waals surface area contributed by atoms with Crippen LogP contribution in [0.15, 0.2) is 60.8 Å². The van der Waals surface area contributed by atoms with Crippen molar-refractivity contribution >= 4 is 23.7 Å². The van der Waals surface area contributed by atoms with E-state index >= 15 is 0 Å². The Balaban J connectivity index is 1.99. The van der Waals surface area contributed by atoms with Gasteiger partial charge in [-0.25, -0.2) is 0 Å². The molecule has 0 N–H and O–H groups in total. The second-order valence-electron chi connectivity index (χ2n) is 6.73. The molecule has 0 fully saturated rings. The second kappa shape index (κ2) is 9.62. The lowest BCUT2D eigenvalue weighted by Crippen LogP contribution is -2.11. The average molecular weight is 347 g/mol. The fourth-order valence-electron chi connectivity index (χ4n) is 2.46. The summed E-state index contributed by atoms with van der Waals surface area (Å²) in [5, 5.41) is 0. The Kier molecular flexibility index (Phi) is 7.22. The molecule has 1 aromatic carbocycles. The molecule has 134 valence electrons. The maximum atomic E-state index is 12.3. The number of hydrogen-bond acceptors (Lipinski definition) is 3. The first-order valence-corrected chi connectivity index (χ1v) is 8.89. The molecule has 0 saturated carbocycles. The summed E-state index contributed by atoms with van der Waals surface area (Å²) in [4.78, 5) is 28.2. The van der Waals surface area contributed by atoms with E-state index in [0.717, 1.165) is 16.8 Å². The van der Waals surface area contributed by atoms with Crippen LogP contribution in [0.1, 0.15) is 37.6 Å². The Hall–Kier alpha value is -2.81. The molecule has 0 saturated heterocycles. The quantitative estimate of drug-likeness (QED) is 0.646. The van der Waals surface area contributed by atoms with Gasteiger partial charge in [-0.3, -0.25) is 14.6 Å². The van der Waals surface area contributed by atoms with E-state index in [9.17, 15) is 9.59 Å². The summed E-state index contributed by atoms with van der Waals surface area (Å²) in [6.45, 7) is 5.69. The first kappa shape index (κ1) is 19.5. The summed E-state index contributed by atoms with van der Waals surface area (Å²) >= 11 is 0. The summed E-state index contributed by atoms with van der Waals surface area (Å²) in [5.74, 6) is 0.0645. The number of ketones is 2. The molecule has 3 heteroatoms. The van der Waals surface area contributed by atoms with Gasteiger partial charge < -0.3 is 0 Å². The van der Waals surface area contributed by atoms with E-state index < -0.39 is 0 Å². The zero-order valence-electron chi connectivity index (χ0n) is 15.6. The number of pyridine rings is 1. The standard InChI is InChI=1S/C23H25NO2/c1-17(2)22(25)12-10-19-7-6-8-20(16-19)15-18(3)23(26)13-11-21-9-4-5-14-24-21/h4-14,16-18H,15H2,1-3H3/b12-10+,13-11+. The van der Waals surface area contributed by atoms with Gasteiger partial charge in [0.2, 0.25) is 0 Å². The molecule has 0 aliphatic heterocycles. The van der Waals surface area contributed by atoms with E-state index in [-0.39, 0.29) is 23.4 Å². The van der Waals surface area contributed by atoms with Gasteiger partial charge in [-0.05, 0) is 47.9 Å². The highest BCUT2D eigenvalue weighted by Crippen LogP contribution is 2.14. The van der Waals surface area contributed by atoms with Crippen molar-refractivity contribution < 1.29 is 9.59 Å². The van der Waals surface area contributed by atoms with Gasteiger partial charge in [0.25, 0.3) is 0 Å². The van der Waals surface area contributed by atoms with Crippen LogP contribution in [0, 0.1) is 11.8 Å². The van der Waals surface area contributed by atoms with Crippen molar-refractivity contribution in [2.24, 2.45) is 11.8 Å². The van der Waals surface area contributed by atoms with E-state index in [1.54, 1.807) is 24.4 Å². The van der Waals surface area contributed by atoms with Crippen LogP contribution in [0.5, 0.6) is 0 Å². The van der Waals surface area contributed by atoms with Crippen molar-refractivity contribution in [2.75, 3.05) is 0 Å². The molecular weight excluding hydrogens is 322 g/mol. The van der Waals surface area contributed by atoms with Gasteiger partial charge in [0, 0.05) is 18.0 Å². The van der Waals surface area contributed by atoms with Crippen molar-refractivity contribution in [3.8, 4) is 0 Å². The topological polar surface area (TPSA) is 47.0 Å². The smallest absolute Gasteiger partial charge is 0.158 e. The van der Waals surface area contributed by atoms with Crippen LogP contribution in [0.4, 0.5) is 0 Å². The van der Waals surface area contributed by atoms with E-state index in [4.69, 9.17) is 0 Å². The van der Waals surface area contributed by atoms with Gasteiger partial charge >= 0.3 is 0 Å². The van der Waals surface area contributed by atoms with Gasteiger partial charge in [0.1, 0.15) is 0 Å². The third kappa shape index (κ3) is 6.25. The van der Waals surface area contributed by atoms with Crippen LogP contribution in [0.2, 0.25) is 0 Å². The highest BCUT2D eigenvalue weighted by Gasteiger charge is 2.11. The predicted octanol–water partition coefficient (Wildman–Crippen LogP) is 4.78. The number of benzene rings is 1. The Bertz CT molecular complexity index is 804.